The monoisotopic (exact) mass is 174 g/mol. The minimum absolute atomic E-state index is 0.0699. The summed E-state index contributed by atoms with van der Waals surface area (Å²) in [5.41, 5.74) is 0.0699. The van der Waals surface area contributed by atoms with Crippen molar-refractivity contribution in [3.05, 3.63) is 0 Å². The Labute approximate surface area is 75.9 Å². The molecule has 0 aromatic rings. The van der Waals surface area contributed by atoms with Gasteiger partial charge in [0.25, 0.3) is 0 Å². The average Bonchev–Trinajstić information content (AvgIpc) is 1.79. The fourth-order valence-corrected chi connectivity index (χ4v) is 1.29. The van der Waals surface area contributed by atoms with Crippen LogP contribution in [0.15, 0.2) is 0 Å². The number of rotatable bonds is 3. The molecule has 1 atom stereocenters. The van der Waals surface area contributed by atoms with Gasteiger partial charge in [-0.15, -0.1) is 0 Å². The lowest BCUT2D eigenvalue weighted by atomic mass is 10.1. The fourth-order valence-electron chi connectivity index (χ4n) is 1.29. The van der Waals surface area contributed by atoms with Gasteiger partial charge in [0.05, 0.1) is 6.10 Å². The summed E-state index contributed by atoms with van der Waals surface area (Å²) in [6.07, 6.45) is -0.286. The molecule has 0 aliphatic carbocycles. The third-order valence-corrected chi connectivity index (χ3v) is 1.69. The van der Waals surface area contributed by atoms with Crippen molar-refractivity contribution >= 4 is 0 Å². The second-order valence-electron chi connectivity index (χ2n) is 4.45. The maximum atomic E-state index is 9.27. The second-order valence-corrected chi connectivity index (χ2v) is 4.45. The van der Waals surface area contributed by atoms with Crippen molar-refractivity contribution in [2.75, 3.05) is 20.6 Å². The van der Waals surface area contributed by atoms with E-state index in [1.54, 1.807) is 0 Å². The van der Waals surface area contributed by atoms with Crippen molar-refractivity contribution in [3.63, 3.8) is 0 Å². The summed E-state index contributed by atoms with van der Waals surface area (Å²) in [6.45, 7) is 8.89. The van der Waals surface area contributed by atoms with Gasteiger partial charge in [0.2, 0.25) is 0 Å². The predicted octanol–water partition coefficient (Wildman–Crippen LogP) is 0.944. The number of aliphatic hydroxyl groups is 1. The topological polar surface area (TPSA) is 26.7 Å². The molecule has 0 aliphatic rings. The molecule has 3 heteroatoms. The van der Waals surface area contributed by atoms with Gasteiger partial charge in [0, 0.05) is 26.2 Å². The van der Waals surface area contributed by atoms with Gasteiger partial charge in [-0.25, -0.2) is 10.0 Å². The molecular formula is C9H22N2O. The van der Waals surface area contributed by atoms with Crippen LogP contribution < -0.4 is 0 Å². The molecular weight excluding hydrogens is 152 g/mol. The highest BCUT2D eigenvalue weighted by Gasteiger charge is 2.23. The molecule has 3 nitrogen and oxygen atoms in total. The molecule has 0 aliphatic heterocycles. The summed E-state index contributed by atoms with van der Waals surface area (Å²) in [5, 5.41) is 13.4. The van der Waals surface area contributed by atoms with Gasteiger partial charge < -0.3 is 5.11 Å². The van der Waals surface area contributed by atoms with E-state index < -0.39 is 0 Å². The summed E-state index contributed by atoms with van der Waals surface area (Å²) in [4.78, 5) is 0. The number of hydrogen-bond donors (Lipinski definition) is 1. The van der Waals surface area contributed by atoms with E-state index in [0.29, 0.717) is 6.54 Å². The highest BCUT2D eigenvalue weighted by atomic mass is 16.3. The van der Waals surface area contributed by atoms with Crippen LogP contribution in [0.5, 0.6) is 0 Å². The Morgan fingerprint density at radius 3 is 1.75 bits per heavy atom. The molecule has 0 rings (SSSR count). The van der Waals surface area contributed by atoms with Crippen LogP contribution in [0.1, 0.15) is 27.7 Å². The number of nitrogens with zero attached hydrogens (tertiary/aromatic N) is 2. The zero-order chi connectivity index (χ0) is 9.94. The zero-order valence-electron chi connectivity index (χ0n) is 9.13. The van der Waals surface area contributed by atoms with E-state index in [1.165, 1.54) is 0 Å². The van der Waals surface area contributed by atoms with Crippen molar-refractivity contribution in [3.8, 4) is 0 Å². The zero-order valence-corrected chi connectivity index (χ0v) is 9.13. The molecule has 0 radical (unpaired) electrons. The third-order valence-electron chi connectivity index (χ3n) is 1.69. The van der Waals surface area contributed by atoms with E-state index in [-0.39, 0.29) is 11.6 Å². The van der Waals surface area contributed by atoms with Crippen LogP contribution >= 0.6 is 0 Å². The SMILES string of the molecule is CC(O)CN(N(C)C)C(C)(C)C. The average molecular weight is 174 g/mol. The van der Waals surface area contributed by atoms with Gasteiger partial charge in [0.1, 0.15) is 0 Å². The van der Waals surface area contributed by atoms with Crippen LogP contribution in [0.3, 0.4) is 0 Å². The lowest BCUT2D eigenvalue weighted by molar-refractivity contribution is -0.0767. The van der Waals surface area contributed by atoms with E-state index in [2.05, 4.69) is 25.8 Å². The molecule has 74 valence electrons. The largest absolute Gasteiger partial charge is 0.392 e. The lowest BCUT2D eigenvalue weighted by Crippen LogP contribution is -2.52. The maximum Gasteiger partial charge on any atom is 0.0653 e. The van der Waals surface area contributed by atoms with Crippen LogP contribution in [0.2, 0.25) is 0 Å². The summed E-state index contributed by atoms with van der Waals surface area (Å²) in [5.74, 6) is 0. The van der Waals surface area contributed by atoms with Crippen LogP contribution in [0, 0.1) is 0 Å². The second kappa shape index (κ2) is 4.21. The quantitative estimate of drug-likeness (QED) is 0.645. The number of hydrazine groups is 1. The van der Waals surface area contributed by atoms with Crippen molar-refractivity contribution in [2.24, 2.45) is 0 Å². The van der Waals surface area contributed by atoms with Crippen LogP contribution in [-0.4, -0.2) is 47.4 Å². The normalized spacial score (nSPS) is 15.8. The van der Waals surface area contributed by atoms with Gasteiger partial charge in [-0.3, -0.25) is 0 Å². The van der Waals surface area contributed by atoms with E-state index >= 15 is 0 Å². The van der Waals surface area contributed by atoms with Crippen molar-refractivity contribution in [1.29, 1.82) is 0 Å². The molecule has 0 heterocycles. The van der Waals surface area contributed by atoms with Crippen molar-refractivity contribution in [1.82, 2.24) is 10.0 Å². The molecule has 12 heavy (non-hydrogen) atoms. The van der Waals surface area contributed by atoms with E-state index in [0.717, 1.165) is 0 Å². The first-order valence-corrected chi connectivity index (χ1v) is 4.38. The highest BCUT2D eigenvalue weighted by Crippen LogP contribution is 2.14. The Kier molecular flexibility index (Phi) is 4.17. The fraction of sp³-hybridized carbons (Fsp3) is 1.00. The van der Waals surface area contributed by atoms with Crippen molar-refractivity contribution < 1.29 is 5.11 Å². The lowest BCUT2D eigenvalue weighted by Gasteiger charge is -2.40. The summed E-state index contributed by atoms with van der Waals surface area (Å²) in [6, 6.07) is 0. The molecule has 0 aromatic heterocycles. The van der Waals surface area contributed by atoms with Gasteiger partial charge in [0.15, 0.2) is 0 Å². The van der Waals surface area contributed by atoms with E-state index in [1.807, 2.05) is 26.0 Å². The first kappa shape index (κ1) is 11.9. The molecule has 0 fully saturated rings. The van der Waals surface area contributed by atoms with Gasteiger partial charge in [-0.2, -0.15) is 0 Å². The summed E-state index contributed by atoms with van der Waals surface area (Å²) >= 11 is 0. The molecule has 1 unspecified atom stereocenters. The molecule has 0 saturated heterocycles. The van der Waals surface area contributed by atoms with E-state index in [4.69, 9.17) is 0 Å². The number of β-amino-alcohol motifs (C(OH)–C–C–N with tert-alkyl or cyclic N) is 1. The molecule has 0 bridgehead atoms. The van der Waals surface area contributed by atoms with Crippen LogP contribution in [0.25, 0.3) is 0 Å². The minimum Gasteiger partial charge on any atom is -0.392 e. The first-order chi connectivity index (χ1) is 5.25. The van der Waals surface area contributed by atoms with Crippen LogP contribution in [-0.2, 0) is 0 Å². The Hall–Kier alpha value is -0.120. The van der Waals surface area contributed by atoms with Crippen molar-refractivity contribution in [2.45, 2.75) is 39.3 Å². The highest BCUT2D eigenvalue weighted by molar-refractivity contribution is 4.74. The molecule has 0 saturated carbocycles. The number of hydrogen-bond acceptors (Lipinski definition) is 3. The van der Waals surface area contributed by atoms with Gasteiger partial charge in [-0.05, 0) is 27.7 Å². The Morgan fingerprint density at radius 2 is 1.67 bits per heavy atom. The van der Waals surface area contributed by atoms with Gasteiger partial charge in [-0.1, -0.05) is 0 Å². The van der Waals surface area contributed by atoms with Gasteiger partial charge >= 0.3 is 0 Å². The standard InChI is InChI=1S/C9H22N2O/c1-8(12)7-11(10(5)6)9(2,3)4/h8,12H,7H2,1-6H3. The summed E-state index contributed by atoms with van der Waals surface area (Å²) < 4.78 is 0. The Balaban J connectivity index is 4.25. The minimum atomic E-state index is -0.286. The molecule has 0 spiro atoms. The molecule has 1 N–H and O–H groups in total. The van der Waals surface area contributed by atoms with E-state index in [9.17, 15) is 5.11 Å². The smallest absolute Gasteiger partial charge is 0.0653 e. The van der Waals surface area contributed by atoms with Crippen LogP contribution in [0.4, 0.5) is 0 Å². The maximum absolute atomic E-state index is 9.27. The Morgan fingerprint density at radius 1 is 1.25 bits per heavy atom. The third kappa shape index (κ3) is 4.04. The first-order valence-electron chi connectivity index (χ1n) is 4.38. The predicted molar refractivity (Wildman–Crippen MR) is 51.8 cm³/mol. The molecule has 0 aromatic carbocycles. The Bertz CT molecular complexity index is 127. The molecule has 0 amide bonds. The number of aliphatic hydroxyl groups excluding tert-OH is 1. The summed E-state index contributed by atoms with van der Waals surface area (Å²) in [7, 11) is 3.99.